The molecule has 1 atom stereocenters. The van der Waals surface area contributed by atoms with E-state index in [0.717, 1.165) is 42.7 Å². The number of hydrogen-bond donors (Lipinski definition) is 0. The fourth-order valence-electron chi connectivity index (χ4n) is 3.46. The number of amides is 1. The Morgan fingerprint density at radius 1 is 1.15 bits per heavy atom. The van der Waals surface area contributed by atoms with Crippen LogP contribution in [-0.2, 0) is 22.6 Å². The minimum absolute atomic E-state index is 0.159. The Morgan fingerprint density at radius 2 is 1.96 bits per heavy atom. The molecule has 0 saturated carbocycles. The third-order valence-electron chi connectivity index (χ3n) is 4.88. The van der Waals surface area contributed by atoms with Crippen molar-refractivity contribution in [1.29, 1.82) is 0 Å². The van der Waals surface area contributed by atoms with Gasteiger partial charge >= 0.3 is 0 Å². The van der Waals surface area contributed by atoms with E-state index in [1.807, 2.05) is 53.4 Å². The quantitative estimate of drug-likeness (QED) is 0.702. The molecule has 1 amide bonds. The Bertz CT molecular complexity index is 745. The smallest absolute Gasteiger partial charge is 0.227 e. The summed E-state index contributed by atoms with van der Waals surface area (Å²) in [6, 6.07) is 15.6. The predicted molar refractivity (Wildman–Crippen MR) is 107 cm³/mol. The van der Waals surface area contributed by atoms with Crippen LogP contribution in [0, 0.1) is 0 Å². The molecule has 3 rings (SSSR count). The number of ether oxygens (including phenoxy) is 2. The third kappa shape index (κ3) is 5.72. The Balaban J connectivity index is 1.59. The topological polar surface area (TPSA) is 38.8 Å². The summed E-state index contributed by atoms with van der Waals surface area (Å²) in [5, 5.41) is 0.712. The van der Waals surface area contributed by atoms with Gasteiger partial charge in [0.1, 0.15) is 12.4 Å². The molecule has 1 saturated heterocycles. The lowest BCUT2D eigenvalue weighted by Crippen LogP contribution is -2.46. The molecule has 0 N–H and O–H groups in total. The average molecular weight is 388 g/mol. The Kier molecular flexibility index (Phi) is 7.13. The van der Waals surface area contributed by atoms with Crippen LogP contribution in [0.1, 0.15) is 30.4 Å². The van der Waals surface area contributed by atoms with E-state index in [1.54, 1.807) is 7.11 Å². The lowest BCUT2D eigenvalue weighted by atomic mass is 10.0. The fourth-order valence-corrected chi connectivity index (χ4v) is 3.59. The van der Waals surface area contributed by atoms with Gasteiger partial charge in [0, 0.05) is 18.7 Å². The van der Waals surface area contributed by atoms with E-state index in [1.165, 1.54) is 0 Å². The first-order valence-electron chi connectivity index (χ1n) is 9.40. The van der Waals surface area contributed by atoms with Crippen molar-refractivity contribution in [2.24, 2.45) is 0 Å². The summed E-state index contributed by atoms with van der Waals surface area (Å²) in [4.78, 5) is 14.8. The van der Waals surface area contributed by atoms with Gasteiger partial charge in [0.2, 0.25) is 5.91 Å². The maximum Gasteiger partial charge on any atom is 0.227 e. The predicted octanol–water partition coefficient (Wildman–Crippen LogP) is 4.49. The number of halogens is 1. The van der Waals surface area contributed by atoms with Crippen LogP contribution in [0.4, 0.5) is 0 Å². The number of carbonyl (C=O) groups excluding carboxylic acids is 1. The van der Waals surface area contributed by atoms with Crippen molar-refractivity contribution in [1.82, 2.24) is 4.90 Å². The van der Waals surface area contributed by atoms with Crippen molar-refractivity contribution in [3.05, 3.63) is 64.7 Å². The molecule has 144 valence electrons. The van der Waals surface area contributed by atoms with Gasteiger partial charge in [-0.15, -0.1) is 0 Å². The summed E-state index contributed by atoms with van der Waals surface area (Å²) in [5.74, 6) is 0.925. The summed E-state index contributed by atoms with van der Waals surface area (Å²) in [6.45, 7) is 1.90. The molecule has 0 radical (unpaired) electrons. The van der Waals surface area contributed by atoms with Gasteiger partial charge in [-0.2, -0.15) is 0 Å². The van der Waals surface area contributed by atoms with Crippen molar-refractivity contribution in [2.45, 2.75) is 38.3 Å². The van der Waals surface area contributed by atoms with Gasteiger partial charge in [-0.3, -0.25) is 4.79 Å². The number of likely N-dealkylation sites (tertiary alicyclic amines) is 1. The molecule has 0 bridgehead atoms. The van der Waals surface area contributed by atoms with E-state index < -0.39 is 0 Å². The zero-order valence-electron chi connectivity index (χ0n) is 15.7. The largest absolute Gasteiger partial charge is 0.489 e. The molecule has 27 heavy (non-hydrogen) atoms. The van der Waals surface area contributed by atoms with Crippen LogP contribution in [0.25, 0.3) is 0 Å². The second-order valence-corrected chi connectivity index (χ2v) is 7.37. The summed E-state index contributed by atoms with van der Waals surface area (Å²) >= 11 is 5.91. The Hall–Kier alpha value is -2.04. The number of piperidine rings is 1. The molecule has 1 fully saturated rings. The van der Waals surface area contributed by atoms with Crippen LogP contribution in [0.2, 0.25) is 5.02 Å². The van der Waals surface area contributed by atoms with Crippen LogP contribution in [0.3, 0.4) is 0 Å². The van der Waals surface area contributed by atoms with Gasteiger partial charge in [0.15, 0.2) is 0 Å². The van der Waals surface area contributed by atoms with E-state index in [9.17, 15) is 4.79 Å². The minimum Gasteiger partial charge on any atom is -0.489 e. The lowest BCUT2D eigenvalue weighted by Gasteiger charge is -2.35. The lowest BCUT2D eigenvalue weighted by molar-refractivity contribution is -0.135. The van der Waals surface area contributed by atoms with Crippen molar-refractivity contribution in [2.75, 3.05) is 20.3 Å². The highest BCUT2D eigenvalue weighted by atomic mass is 35.5. The molecule has 5 heteroatoms. The van der Waals surface area contributed by atoms with Gasteiger partial charge in [0.25, 0.3) is 0 Å². The van der Waals surface area contributed by atoms with Gasteiger partial charge in [-0.05, 0) is 54.7 Å². The van der Waals surface area contributed by atoms with Crippen LogP contribution in [0.15, 0.2) is 48.5 Å². The molecule has 1 heterocycles. The molecule has 1 aliphatic rings. The molecular formula is C22H26ClNO3. The molecule has 0 aliphatic carbocycles. The highest BCUT2D eigenvalue weighted by Crippen LogP contribution is 2.21. The fraction of sp³-hybridized carbons (Fsp3) is 0.409. The second kappa shape index (κ2) is 9.77. The SMILES string of the molecule is COCC1CCCCN1C(=O)Cc1cccc(OCc2ccc(Cl)cc2)c1. The van der Waals surface area contributed by atoms with Crippen LogP contribution < -0.4 is 4.74 Å². The molecule has 4 nitrogen and oxygen atoms in total. The first-order valence-corrected chi connectivity index (χ1v) is 9.78. The number of hydrogen-bond acceptors (Lipinski definition) is 3. The average Bonchev–Trinajstić information content (AvgIpc) is 2.68. The van der Waals surface area contributed by atoms with Crippen molar-refractivity contribution in [3.63, 3.8) is 0 Å². The number of benzene rings is 2. The van der Waals surface area contributed by atoms with Gasteiger partial charge < -0.3 is 14.4 Å². The van der Waals surface area contributed by atoms with E-state index in [0.29, 0.717) is 24.7 Å². The number of rotatable bonds is 7. The van der Waals surface area contributed by atoms with E-state index in [2.05, 4.69) is 0 Å². The van der Waals surface area contributed by atoms with Crippen LogP contribution in [0.5, 0.6) is 5.75 Å². The summed E-state index contributed by atoms with van der Waals surface area (Å²) in [5.41, 5.74) is 2.02. The summed E-state index contributed by atoms with van der Waals surface area (Å²) in [6.07, 6.45) is 3.63. The maximum absolute atomic E-state index is 12.8. The highest BCUT2D eigenvalue weighted by Gasteiger charge is 2.26. The van der Waals surface area contributed by atoms with E-state index in [4.69, 9.17) is 21.1 Å². The zero-order valence-corrected chi connectivity index (χ0v) is 16.5. The maximum atomic E-state index is 12.8. The first-order chi connectivity index (χ1) is 13.2. The van der Waals surface area contributed by atoms with Crippen molar-refractivity contribution >= 4 is 17.5 Å². The molecule has 2 aromatic carbocycles. The standard InChI is InChI=1S/C22H26ClNO3/c1-26-16-20-6-2-3-12-24(20)22(25)14-18-5-4-7-21(13-18)27-15-17-8-10-19(23)11-9-17/h4-5,7-11,13,20H,2-3,6,12,14-16H2,1H3. The van der Waals surface area contributed by atoms with Gasteiger partial charge in [-0.25, -0.2) is 0 Å². The molecule has 0 spiro atoms. The number of carbonyl (C=O) groups is 1. The minimum atomic E-state index is 0.159. The number of methoxy groups -OCH3 is 1. The summed E-state index contributed by atoms with van der Waals surface area (Å²) in [7, 11) is 1.69. The molecular weight excluding hydrogens is 362 g/mol. The first kappa shape index (κ1) is 19.7. The van der Waals surface area contributed by atoms with Gasteiger partial charge in [0.05, 0.1) is 19.1 Å². The molecule has 1 unspecified atom stereocenters. The molecule has 2 aromatic rings. The monoisotopic (exact) mass is 387 g/mol. The number of nitrogens with zero attached hydrogens (tertiary/aromatic N) is 1. The van der Waals surface area contributed by atoms with E-state index in [-0.39, 0.29) is 11.9 Å². The van der Waals surface area contributed by atoms with Crippen molar-refractivity contribution in [3.8, 4) is 5.75 Å². The summed E-state index contributed by atoms with van der Waals surface area (Å²) < 4.78 is 11.2. The van der Waals surface area contributed by atoms with Crippen molar-refractivity contribution < 1.29 is 14.3 Å². The Morgan fingerprint density at radius 3 is 2.74 bits per heavy atom. The highest BCUT2D eigenvalue weighted by molar-refractivity contribution is 6.30. The molecule has 0 aromatic heterocycles. The van der Waals surface area contributed by atoms with Crippen LogP contribution >= 0.6 is 11.6 Å². The third-order valence-corrected chi connectivity index (χ3v) is 5.13. The second-order valence-electron chi connectivity index (χ2n) is 6.93. The molecule has 1 aliphatic heterocycles. The van der Waals surface area contributed by atoms with Gasteiger partial charge in [-0.1, -0.05) is 35.9 Å². The normalized spacial score (nSPS) is 17.0. The van der Waals surface area contributed by atoms with Crippen LogP contribution in [-0.4, -0.2) is 37.1 Å². The van der Waals surface area contributed by atoms with E-state index >= 15 is 0 Å². The Labute approximate surface area is 166 Å². The zero-order chi connectivity index (χ0) is 19.1.